The largest absolute Gasteiger partial charge is 0.497 e. The number of methoxy groups -OCH3 is 1. The van der Waals surface area contributed by atoms with Gasteiger partial charge in [-0.3, -0.25) is 9.78 Å². The van der Waals surface area contributed by atoms with Crippen molar-refractivity contribution < 1.29 is 9.53 Å². The maximum atomic E-state index is 12.4. The number of carbonyl (C=O) groups excluding carboxylic acids is 1. The lowest BCUT2D eigenvalue weighted by molar-refractivity contribution is 0.0955. The number of pyridine rings is 2. The summed E-state index contributed by atoms with van der Waals surface area (Å²) in [6.07, 6.45) is 3.45. The Morgan fingerprint density at radius 3 is 2.92 bits per heavy atom. The third-order valence-corrected chi connectivity index (χ3v) is 4.95. The maximum Gasteiger partial charge on any atom is 0.261 e. The Morgan fingerprint density at radius 2 is 2.12 bits per heavy atom. The highest BCUT2D eigenvalue weighted by Gasteiger charge is 2.12. The van der Waals surface area contributed by atoms with E-state index in [9.17, 15) is 4.79 Å². The van der Waals surface area contributed by atoms with Gasteiger partial charge in [-0.2, -0.15) is 0 Å². The van der Waals surface area contributed by atoms with Crippen molar-refractivity contribution in [1.29, 1.82) is 0 Å². The van der Waals surface area contributed by atoms with Crippen LogP contribution in [0.15, 0.2) is 54.9 Å². The summed E-state index contributed by atoms with van der Waals surface area (Å²) >= 11 is 1.40. The number of hydrogen-bond acceptors (Lipinski definition) is 5. The highest BCUT2D eigenvalue weighted by atomic mass is 32.1. The molecule has 0 aliphatic carbocycles. The van der Waals surface area contributed by atoms with Crippen molar-refractivity contribution in [3.05, 3.63) is 65.3 Å². The molecule has 124 valence electrons. The van der Waals surface area contributed by atoms with Gasteiger partial charge in [0.15, 0.2) is 0 Å². The van der Waals surface area contributed by atoms with E-state index in [1.807, 2.05) is 42.5 Å². The molecular formula is C19H15N3O2S. The maximum absolute atomic E-state index is 12.4. The first kappa shape index (κ1) is 15.5. The van der Waals surface area contributed by atoms with Gasteiger partial charge in [-0.25, -0.2) is 4.98 Å². The first-order chi connectivity index (χ1) is 12.2. The average Bonchev–Trinajstić information content (AvgIpc) is 3.07. The third-order valence-electron chi connectivity index (χ3n) is 3.91. The van der Waals surface area contributed by atoms with Crippen molar-refractivity contribution in [1.82, 2.24) is 15.3 Å². The van der Waals surface area contributed by atoms with Crippen molar-refractivity contribution in [2.45, 2.75) is 6.54 Å². The molecule has 0 saturated carbocycles. The fourth-order valence-electron chi connectivity index (χ4n) is 2.62. The molecule has 0 unspecified atom stereocenters. The van der Waals surface area contributed by atoms with E-state index in [2.05, 4.69) is 15.3 Å². The number of hydrogen-bond donors (Lipinski definition) is 1. The number of benzene rings is 1. The minimum atomic E-state index is -0.103. The molecule has 0 atom stereocenters. The van der Waals surface area contributed by atoms with E-state index in [0.717, 1.165) is 32.4 Å². The van der Waals surface area contributed by atoms with Gasteiger partial charge in [-0.1, -0.05) is 6.07 Å². The van der Waals surface area contributed by atoms with Gasteiger partial charge < -0.3 is 10.1 Å². The molecule has 0 aliphatic rings. The van der Waals surface area contributed by atoms with Gasteiger partial charge >= 0.3 is 0 Å². The number of nitrogens with one attached hydrogen (secondary N) is 1. The summed E-state index contributed by atoms with van der Waals surface area (Å²) in [7, 11) is 1.64. The van der Waals surface area contributed by atoms with Crippen LogP contribution in [0.5, 0.6) is 5.75 Å². The number of nitrogens with zero attached hydrogens (tertiary/aromatic N) is 2. The van der Waals surface area contributed by atoms with Crippen molar-refractivity contribution in [2.24, 2.45) is 0 Å². The molecular weight excluding hydrogens is 334 g/mol. The van der Waals surface area contributed by atoms with Gasteiger partial charge in [0.05, 0.1) is 17.5 Å². The Morgan fingerprint density at radius 1 is 1.20 bits per heavy atom. The Kier molecular flexibility index (Phi) is 4.03. The minimum Gasteiger partial charge on any atom is -0.497 e. The Labute approximate surface area is 148 Å². The van der Waals surface area contributed by atoms with Crippen LogP contribution in [0.25, 0.3) is 21.1 Å². The van der Waals surface area contributed by atoms with Crippen LogP contribution in [0, 0.1) is 0 Å². The molecule has 1 aromatic carbocycles. The molecule has 1 N–H and O–H groups in total. The van der Waals surface area contributed by atoms with Crippen molar-refractivity contribution >= 4 is 38.4 Å². The second kappa shape index (κ2) is 6.49. The number of carbonyl (C=O) groups is 1. The molecule has 0 radical (unpaired) electrons. The molecule has 0 saturated heterocycles. The van der Waals surface area contributed by atoms with E-state index in [0.29, 0.717) is 11.4 Å². The highest BCUT2D eigenvalue weighted by molar-refractivity contribution is 7.20. The Balaban J connectivity index is 1.61. The zero-order valence-electron chi connectivity index (χ0n) is 13.5. The van der Waals surface area contributed by atoms with E-state index in [4.69, 9.17) is 4.74 Å². The molecule has 6 heteroatoms. The number of thiophene rings is 1. The first-order valence-electron chi connectivity index (χ1n) is 7.78. The molecule has 5 nitrogen and oxygen atoms in total. The average molecular weight is 349 g/mol. The normalized spacial score (nSPS) is 10.9. The van der Waals surface area contributed by atoms with Crippen LogP contribution in [-0.2, 0) is 6.54 Å². The summed E-state index contributed by atoms with van der Waals surface area (Å²) in [5.74, 6) is 0.687. The molecule has 3 aromatic heterocycles. The second-order valence-corrected chi connectivity index (χ2v) is 6.63. The van der Waals surface area contributed by atoms with E-state index in [1.54, 1.807) is 19.5 Å². The summed E-state index contributed by atoms with van der Waals surface area (Å²) in [6, 6.07) is 13.5. The van der Waals surface area contributed by atoms with Gasteiger partial charge in [0.1, 0.15) is 10.6 Å². The van der Waals surface area contributed by atoms with E-state index in [1.165, 1.54) is 11.3 Å². The number of fused-ring (bicyclic) bond motifs is 2. The second-order valence-electron chi connectivity index (χ2n) is 5.60. The molecule has 3 heterocycles. The van der Waals surface area contributed by atoms with Gasteiger partial charge in [0.2, 0.25) is 0 Å². The lowest BCUT2D eigenvalue weighted by atomic mass is 10.2. The Hall–Kier alpha value is -2.99. The molecule has 0 spiro atoms. The van der Waals surface area contributed by atoms with Crippen LogP contribution in [0.4, 0.5) is 0 Å². The molecule has 0 fully saturated rings. The quantitative estimate of drug-likeness (QED) is 0.609. The molecule has 0 bridgehead atoms. The number of ether oxygens (including phenoxy) is 1. The molecule has 4 rings (SSSR count). The van der Waals surface area contributed by atoms with Crippen LogP contribution in [0.2, 0.25) is 0 Å². The smallest absolute Gasteiger partial charge is 0.261 e. The van der Waals surface area contributed by atoms with Gasteiger partial charge in [0, 0.05) is 29.7 Å². The van der Waals surface area contributed by atoms with E-state index >= 15 is 0 Å². The lowest BCUT2D eigenvalue weighted by Gasteiger charge is -2.02. The topological polar surface area (TPSA) is 64.1 Å². The monoisotopic (exact) mass is 349 g/mol. The minimum absolute atomic E-state index is 0.103. The van der Waals surface area contributed by atoms with E-state index in [-0.39, 0.29) is 5.91 Å². The standard InChI is InChI=1S/C19H15N3O2S/c1-24-15-4-5-16-13(8-15)7-14-9-17(25-19(14)22-16)18(23)21-11-12-3-2-6-20-10-12/h2-10H,11H2,1H3,(H,21,23). The lowest BCUT2D eigenvalue weighted by Crippen LogP contribution is -2.21. The fraction of sp³-hybridized carbons (Fsp3) is 0.105. The van der Waals surface area contributed by atoms with Crippen LogP contribution >= 0.6 is 11.3 Å². The van der Waals surface area contributed by atoms with Crippen molar-refractivity contribution in [3.8, 4) is 5.75 Å². The summed E-state index contributed by atoms with van der Waals surface area (Å²) in [5.41, 5.74) is 1.85. The predicted molar refractivity (Wildman–Crippen MR) is 99.1 cm³/mol. The molecule has 1 amide bonds. The van der Waals surface area contributed by atoms with Crippen molar-refractivity contribution in [3.63, 3.8) is 0 Å². The number of aromatic nitrogens is 2. The zero-order chi connectivity index (χ0) is 17.2. The summed E-state index contributed by atoms with van der Waals surface area (Å²) in [4.78, 5) is 22.6. The van der Waals surface area contributed by atoms with E-state index < -0.39 is 0 Å². The van der Waals surface area contributed by atoms with Crippen LogP contribution in [0.1, 0.15) is 15.2 Å². The highest BCUT2D eigenvalue weighted by Crippen LogP contribution is 2.29. The summed E-state index contributed by atoms with van der Waals surface area (Å²) in [5, 5.41) is 4.87. The van der Waals surface area contributed by atoms with Gasteiger partial charge in [-0.05, 0) is 42.0 Å². The van der Waals surface area contributed by atoms with Gasteiger partial charge in [0.25, 0.3) is 5.91 Å². The van der Waals surface area contributed by atoms with Gasteiger partial charge in [-0.15, -0.1) is 11.3 Å². The number of rotatable bonds is 4. The van der Waals surface area contributed by atoms with Crippen LogP contribution in [-0.4, -0.2) is 23.0 Å². The predicted octanol–water partition coefficient (Wildman–Crippen LogP) is 3.78. The molecule has 25 heavy (non-hydrogen) atoms. The first-order valence-corrected chi connectivity index (χ1v) is 8.60. The summed E-state index contributed by atoms with van der Waals surface area (Å²) < 4.78 is 5.26. The third kappa shape index (κ3) is 3.16. The number of amides is 1. The molecule has 0 aliphatic heterocycles. The fourth-order valence-corrected chi connectivity index (χ4v) is 3.56. The summed E-state index contributed by atoms with van der Waals surface area (Å²) in [6.45, 7) is 0.452. The zero-order valence-corrected chi connectivity index (χ0v) is 14.3. The SMILES string of the molecule is COc1ccc2nc3sc(C(=O)NCc4cccnc4)cc3cc2c1. The van der Waals surface area contributed by atoms with Crippen molar-refractivity contribution in [2.75, 3.05) is 7.11 Å². The molecule has 4 aromatic rings. The Bertz CT molecular complexity index is 1060. The van der Waals surface area contributed by atoms with Crippen LogP contribution < -0.4 is 10.1 Å². The van der Waals surface area contributed by atoms with Crippen LogP contribution in [0.3, 0.4) is 0 Å².